The van der Waals surface area contributed by atoms with Crippen LogP contribution in [0.3, 0.4) is 0 Å². The molecule has 5 heteroatoms. The summed E-state index contributed by atoms with van der Waals surface area (Å²) in [6.45, 7) is 1.01. The summed E-state index contributed by atoms with van der Waals surface area (Å²) in [5.41, 5.74) is 6.92. The van der Waals surface area contributed by atoms with E-state index in [0.717, 1.165) is 0 Å². The summed E-state index contributed by atoms with van der Waals surface area (Å²) in [4.78, 5) is 0. The molecule has 0 amide bonds. The lowest BCUT2D eigenvalue weighted by Crippen LogP contribution is -2.15. The van der Waals surface area contributed by atoms with E-state index in [-0.39, 0.29) is 0 Å². The minimum Gasteiger partial charge on any atom is -0.486 e. The first-order valence-corrected chi connectivity index (χ1v) is 6.13. The van der Waals surface area contributed by atoms with Gasteiger partial charge in [0.1, 0.15) is 19.0 Å². The number of nitrogens with zero attached hydrogens (tertiary/aromatic N) is 1. The second-order valence-electron chi connectivity index (χ2n) is 4.28. The van der Waals surface area contributed by atoms with Crippen LogP contribution in [0.1, 0.15) is 5.56 Å². The van der Waals surface area contributed by atoms with Gasteiger partial charge in [-0.25, -0.2) is 0 Å². The highest BCUT2D eigenvalue weighted by molar-refractivity contribution is 5.63. The first-order valence-electron chi connectivity index (χ1n) is 6.13. The molecule has 0 bridgehead atoms. The van der Waals surface area contributed by atoms with E-state index in [1.54, 1.807) is 36.4 Å². The number of fused-ring (bicyclic) bond motifs is 1. The molecule has 3 rings (SSSR count). The van der Waals surface area contributed by atoms with Gasteiger partial charge in [-0.3, -0.25) is 0 Å². The maximum absolute atomic E-state index is 8.87. The molecule has 0 saturated carbocycles. The van der Waals surface area contributed by atoms with Crippen LogP contribution in [0.4, 0.5) is 5.69 Å². The largest absolute Gasteiger partial charge is 0.486 e. The van der Waals surface area contributed by atoms with Crippen LogP contribution in [0.15, 0.2) is 36.4 Å². The lowest BCUT2D eigenvalue weighted by molar-refractivity contribution is 0.171. The fourth-order valence-electron chi connectivity index (χ4n) is 1.93. The van der Waals surface area contributed by atoms with Crippen molar-refractivity contribution < 1.29 is 14.2 Å². The summed E-state index contributed by atoms with van der Waals surface area (Å²) in [6, 6.07) is 12.3. The van der Waals surface area contributed by atoms with E-state index >= 15 is 0 Å². The zero-order valence-corrected chi connectivity index (χ0v) is 10.6. The van der Waals surface area contributed by atoms with Gasteiger partial charge in [0.25, 0.3) is 0 Å². The molecule has 0 aliphatic carbocycles. The van der Waals surface area contributed by atoms with Crippen LogP contribution < -0.4 is 19.9 Å². The second-order valence-corrected chi connectivity index (χ2v) is 4.28. The monoisotopic (exact) mass is 268 g/mol. The van der Waals surface area contributed by atoms with Crippen LogP contribution in [-0.4, -0.2) is 13.2 Å². The van der Waals surface area contributed by atoms with Crippen molar-refractivity contribution in [2.75, 3.05) is 18.9 Å². The Hall–Kier alpha value is -2.87. The predicted octanol–water partition coefficient (Wildman–Crippen LogP) is 2.70. The molecule has 5 nitrogen and oxygen atoms in total. The quantitative estimate of drug-likeness (QED) is 0.847. The highest BCUT2D eigenvalue weighted by Crippen LogP contribution is 2.39. The number of nitriles is 1. The first kappa shape index (κ1) is 12.2. The summed E-state index contributed by atoms with van der Waals surface area (Å²) in [7, 11) is 0. The fourth-order valence-corrected chi connectivity index (χ4v) is 1.93. The number of nitrogen functional groups attached to an aromatic ring is 1. The molecular formula is C15H12N2O3. The molecule has 20 heavy (non-hydrogen) atoms. The van der Waals surface area contributed by atoms with Crippen molar-refractivity contribution >= 4 is 5.69 Å². The van der Waals surface area contributed by atoms with Crippen LogP contribution in [0.25, 0.3) is 0 Å². The van der Waals surface area contributed by atoms with Crippen molar-refractivity contribution in [1.29, 1.82) is 5.26 Å². The van der Waals surface area contributed by atoms with Crippen molar-refractivity contribution in [3.8, 4) is 29.1 Å². The SMILES string of the molecule is N#Cc1cccc(Oc2cc3c(cc2N)OCCO3)c1. The summed E-state index contributed by atoms with van der Waals surface area (Å²) >= 11 is 0. The van der Waals surface area contributed by atoms with Crippen molar-refractivity contribution in [2.45, 2.75) is 0 Å². The summed E-state index contributed by atoms with van der Waals surface area (Å²) < 4.78 is 16.6. The van der Waals surface area contributed by atoms with Gasteiger partial charge < -0.3 is 19.9 Å². The van der Waals surface area contributed by atoms with E-state index in [9.17, 15) is 0 Å². The van der Waals surface area contributed by atoms with Crippen molar-refractivity contribution in [3.63, 3.8) is 0 Å². The Balaban J connectivity index is 1.92. The van der Waals surface area contributed by atoms with E-state index in [0.29, 0.717) is 47.5 Å². The Morgan fingerprint density at radius 1 is 1.10 bits per heavy atom. The average Bonchev–Trinajstić information content (AvgIpc) is 2.48. The molecule has 0 aromatic heterocycles. The third kappa shape index (κ3) is 2.31. The number of hydrogen-bond acceptors (Lipinski definition) is 5. The topological polar surface area (TPSA) is 77.5 Å². The number of benzene rings is 2. The van der Waals surface area contributed by atoms with Gasteiger partial charge in [0.15, 0.2) is 17.2 Å². The smallest absolute Gasteiger partial charge is 0.165 e. The Labute approximate surface area is 116 Å². The van der Waals surface area contributed by atoms with Gasteiger partial charge in [-0.15, -0.1) is 0 Å². The number of anilines is 1. The van der Waals surface area contributed by atoms with Crippen molar-refractivity contribution in [3.05, 3.63) is 42.0 Å². The molecule has 0 saturated heterocycles. The standard InChI is InChI=1S/C15H12N2O3/c16-9-10-2-1-3-11(6-10)20-13-8-15-14(7-12(13)17)18-4-5-19-15/h1-3,6-8H,4-5,17H2. The van der Waals surface area contributed by atoms with E-state index in [1.165, 1.54) is 0 Å². The van der Waals surface area contributed by atoms with Gasteiger partial charge in [-0.1, -0.05) is 6.07 Å². The maximum Gasteiger partial charge on any atom is 0.165 e. The van der Waals surface area contributed by atoms with E-state index in [2.05, 4.69) is 6.07 Å². The van der Waals surface area contributed by atoms with E-state index in [4.69, 9.17) is 25.2 Å². The third-order valence-electron chi connectivity index (χ3n) is 2.87. The Kier molecular flexibility index (Phi) is 3.05. The van der Waals surface area contributed by atoms with Gasteiger partial charge in [0, 0.05) is 12.1 Å². The maximum atomic E-state index is 8.87. The number of rotatable bonds is 2. The molecule has 0 unspecified atom stereocenters. The minimum atomic E-state index is 0.455. The molecule has 1 aliphatic heterocycles. The van der Waals surface area contributed by atoms with Crippen LogP contribution >= 0.6 is 0 Å². The number of hydrogen-bond donors (Lipinski definition) is 1. The van der Waals surface area contributed by atoms with Gasteiger partial charge in [0.05, 0.1) is 17.3 Å². The summed E-state index contributed by atoms with van der Waals surface area (Å²) in [6.07, 6.45) is 0. The zero-order chi connectivity index (χ0) is 13.9. The average molecular weight is 268 g/mol. The predicted molar refractivity (Wildman–Crippen MR) is 73.1 cm³/mol. The van der Waals surface area contributed by atoms with Crippen molar-refractivity contribution in [1.82, 2.24) is 0 Å². The lowest BCUT2D eigenvalue weighted by atomic mass is 10.2. The lowest BCUT2D eigenvalue weighted by Gasteiger charge is -2.20. The molecule has 2 aromatic rings. The number of nitrogens with two attached hydrogens (primary N) is 1. The molecule has 0 fully saturated rings. The number of ether oxygens (including phenoxy) is 3. The van der Waals surface area contributed by atoms with E-state index < -0.39 is 0 Å². The minimum absolute atomic E-state index is 0.455. The van der Waals surface area contributed by atoms with Gasteiger partial charge in [-0.2, -0.15) is 5.26 Å². The summed E-state index contributed by atoms with van der Waals surface area (Å²) in [5.74, 6) is 2.25. The first-order chi connectivity index (χ1) is 9.76. The highest BCUT2D eigenvalue weighted by atomic mass is 16.6. The normalized spacial score (nSPS) is 12.6. The van der Waals surface area contributed by atoms with Crippen LogP contribution in [0.5, 0.6) is 23.0 Å². The summed E-state index contributed by atoms with van der Waals surface area (Å²) in [5, 5.41) is 8.87. The van der Waals surface area contributed by atoms with Gasteiger partial charge >= 0.3 is 0 Å². The molecular weight excluding hydrogens is 256 g/mol. The van der Waals surface area contributed by atoms with E-state index in [1.807, 2.05) is 0 Å². The zero-order valence-electron chi connectivity index (χ0n) is 10.6. The fraction of sp³-hybridized carbons (Fsp3) is 0.133. The molecule has 1 aliphatic rings. The highest BCUT2D eigenvalue weighted by Gasteiger charge is 2.15. The van der Waals surface area contributed by atoms with Crippen LogP contribution in [-0.2, 0) is 0 Å². The Morgan fingerprint density at radius 2 is 1.85 bits per heavy atom. The van der Waals surface area contributed by atoms with Crippen LogP contribution in [0, 0.1) is 11.3 Å². The molecule has 2 N–H and O–H groups in total. The molecule has 0 radical (unpaired) electrons. The molecule has 1 heterocycles. The van der Waals surface area contributed by atoms with Crippen molar-refractivity contribution in [2.24, 2.45) is 0 Å². The molecule has 100 valence electrons. The molecule has 0 atom stereocenters. The Bertz CT molecular complexity index is 692. The third-order valence-corrected chi connectivity index (χ3v) is 2.87. The Morgan fingerprint density at radius 3 is 2.60 bits per heavy atom. The van der Waals surface area contributed by atoms with Gasteiger partial charge in [-0.05, 0) is 18.2 Å². The van der Waals surface area contributed by atoms with Crippen LogP contribution in [0.2, 0.25) is 0 Å². The molecule has 2 aromatic carbocycles. The molecule has 0 spiro atoms. The second kappa shape index (κ2) is 5.02. The van der Waals surface area contributed by atoms with Gasteiger partial charge in [0.2, 0.25) is 0 Å².